The summed E-state index contributed by atoms with van der Waals surface area (Å²) in [6.07, 6.45) is 0. The van der Waals surface area contributed by atoms with Crippen LogP contribution < -0.4 is 0 Å². The van der Waals surface area contributed by atoms with Crippen molar-refractivity contribution < 1.29 is 47.9 Å². The Morgan fingerprint density at radius 1 is 1.33 bits per heavy atom. The second-order valence-corrected chi connectivity index (χ2v) is 0.224. The predicted octanol–water partition coefficient (Wildman–Crippen LogP) is -0.244. The molecule has 0 heterocycles. The third kappa shape index (κ3) is 165. The average Bonchev–Trinajstić information content (AvgIpc) is 0.811. The summed E-state index contributed by atoms with van der Waals surface area (Å²) in [5.41, 5.74) is 0. The monoisotopic (exact) mass is 275 g/mol. The van der Waals surface area contributed by atoms with Gasteiger partial charge in [-0.1, -0.05) is 0 Å². The van der Waals surface area contributed by atoms with Gasteiger partial charge in [0.25, 0.3) is 0 Å². The van der Waals surface area contributed by atoms with Crippen molar-refractivity contribution in [1.82, 2.24) is 0 Å². The summed E-state index contributed by atoms with van der Waals surface area (Å²) in [4.78, 5) is 8.25. The van der Waals surface area contributed by atoms with Crippen LogP contribution >= 0.6 is 0 Å². The molecule has 4 nitrogen and oxygen atoms in total. The molecule has 0 saturated heterocycles. The molecule has 0 aliphatic heterocycles. The van der Waals surface area contributed by atoms with Crippen LogP contribution in [-0.2, 0) is 42.8 Å². The molecule has 0 aromatic heterocycles. The van der Waals surface area contributed by atoms with E-state index in [4.69, 9.17) is 15.3 Å². The maximum atomic E-state index is 8.25. The van der Waals surface area contributed by atoms with Gasteiger partial charge in [-0.05, 0) is 0 Å². The zero-order valence-electron chi connectivity index (χ0n) is 2.29. The molecule has 0 rings (SSSR count). The van der Waals surface area contributed by atoms with E-state index in [1.54, 1.807) is 0 Å². The first-order valence-electron chi connectivity index (χ1n) is 0.548. The Balaban J connectivity index is -0.0000000450. The summed E-state index contributed by atoms with van der Waals surface area (Å²) in [5, 5.41) is 14.8. The Labute approximate surface area is 63.2 Å². The summed E-state index contributed by atoms with van der Waals surface area (Å²) in [6.45, 7) is 0. The minimum Gasteiger partial charge on any atom is -0.356 e. The van der Waals surface area contributed by atoms with Crippen molar-refractivity contribution in [3.05, 3.63) is 15.3 Å². The molecule has 0 atom stereocenters. The third-order valence-corrected chi connectivity index (χ3v) is 0. The van der Waals surface area contributed by atoms with Crippen molar-refractivity contribution in [3.63, 3.8) is 0 Å². The summed E-state index contributed by atoms with van der Waals surface area (Å²) >= 11 is 0. The van der Waals surface area contributed by atoms with Crippen LogP contribution in [0.3, 0.4) is 0 Å². The van der Waals surface area contributed by atoms with Crippen molar-refractivity contribution in [2.24, 2.45) is 0 Å². The van der Waals surface area contributed by atoms with Gasteiger partial charge in [0.2, 0.25) is 0 Å². The number of nitrogens with zero attached hydrogens (tertiary/aromatic N) is 1. The number of hydrogen-bond donors (Lipinski definition) is 0. The van der Waals surface area contributed by atoms with Gasteiger partial charge in [-0.2, -0.15) is 0 Å². The van der Waals surface area contributed by atoms with Gasteiger partial charge in [-0.15, -0.1) is 0 Å². The molecule has 0 aromatic carbocycles. The van der Waals surface area contributed by atoms with E-state index < -0.39 is 5.09 Å². The van der Waals surface area contributed by atoms with Crippen molar-refractivity contribution in [2.45, 2.75) is 0 Å². The Bertz CT molecular complexity index is 33.8. The van der Waals surface area contributed by atoms with Gasteiger partial charge in [0.05, 0.1) is 5.09 Å². The molecular formula is AgNO3Pd. The van der Waals surface area contributed by atoms with E-state index in [0.717, 1.165) is 0 Å². The van der Waals surface area contributed by atoms with E-state index in [2.05, 4.69) is 0 Å². The Morgan fingerprint density at radius 2 is 1.33 bits per heavy atom. The normalized spacial score (nSPS) is 4.00. The van der Waals surface area contributed by atoms with Gasteiger partial charge < -0.3 is 15.3 Å². The van der Waals surface area contributed by atoms with Crippen LogP contribution in [0.1, 0.15) is 0 Å². The average molecular weight is 276 g/mol. The van der Waals surface area contributed by atoms with Crippen molar-refractivity contribution in [1.29, 1.82) is 0 Å². The molecule has 0 unspecified atom stereocenters. The fourth-order valence-corrected chi connectivity index (χ4v) is 0. The third-order valence-electron chi connectivity index (χ3n) is 0. The Morgan fingerprint density at radius 3 is 1.33 bits per heavy atom. The summed E-state index contributed by atoms with van der Waals surface area (Å²) in [6, 6.07) is 0. The van der Waals surface area contributed by atoms with Crippen LogP contribution in [-0.4, -0.2) is 5.09 Å². The topological polar surface area (TPSA) is 66.2 Å². The van der Waals surface area contributed by atoms with Crippen LogP contribution in [0.15, 0.2) is 0 Å². The van der Waals surface area contributed by atoms with E-state index in [1.165, 1.54) is 0 Å². The fraction of sp³-hybridized carbons (Fsp3) is 0. The van der Waals surface area contributed by atoms with E-state index in [1.807, 2.05) is 0 Å². The molecule has 0 radical (unpaired) electrons. The van der Waals surface area contributed by atoms with Gasteiger partial charge in [-0.25, -0.2) is 0 Å². The van der Waals surface area contributed by atoms with E-state index in [9.17, 15) is 0 Å². The molecule has 0 amide bonds. The zero-order chi connectivity index (χ0) is 3.58. The fourth-order valence-electron chi connectivity index (χ4n) is 0. The molecule has 0 bridgehead atoms. The van der Waals surface area contributed by atoms with Crippen LogP contribution in [0.25, 0.3) is 0 Å². The summed E-state index contributed by atoms with van der Waals surface area (Å²) in [5.74, 6) is 0. The van der Waals surface area contributed by atoms with Crippen LogP contribution in [0.4, 0.5) is 0 Å². The standard InChI is InChI=1S/Ag.NO3.Pd/c;2-1(3)4;/q+1;-1;. The zero-order valence-corrected chi connectivity index (χ0v) is 5.33. The summed E-state index contributed by atoms with van der Waals surface area (Å²) in [7, 11) is 0. The molecule has 0 fully saturated rings. The molecule has 0 aliphatic carbocycles. The first-order chi connectivity index (χ1) is 1.73. The maximum Gasteiger partial charge on any atom is 1.00 e. The van der Waals surface area contributed by atoms with E-state index in [-0.39, 0.29) is 42.8 Å². The van der Waals surface area contributed by atoms with Gasteiger partial charge in [0.1, 0.15) is 0 Å². The summed E-state index contributed by atoms with van der Waals surface area (Å²) < 4.78 is 0. The molecule has 6 heavy (non-hydrogen) atoms. The maximum absolute atomic E-state index is 8.25. The molecule has 44 valence electrons. The van der Waals surface area contributed by atoms with Crippen molar-refractivity contribution >= 4 is 0 Å². The van der Waals surface area contributed by atoms with Gasteiger partial charge >= 0.3 is 22.4 Å². The molecule has 6 heteroatoms. The number of hydrogen-bond acceptors (Lipinski definition) is 3. The number of rotatable bonds is 0. The minimum absolute atomic E-state index is 0. The van der Waals surface area contributed by atoms with Crippen LogP contribution in [0, 0.1) is 15.3 Å². The molecule has 0 aliphatic rings. The second-order valence-electron chi connectivity index (χ2n) is 0.224. The van der Waals surface area contributed by atoms with Gasteiger partial charge in [0, 0.05) is 20.4 Å². The Hall–Kier alpha value is 0.603. The molecule has 0 saturated carbocycles. The SMILES string of the molecule is O=[N+]([O-])[O-].[Ag+].[Pd]. The largest absolute Gasteiger partial charge is 1.00 e. The first kappa shape index (κ1) is 16.0. The van der Waals surface area contributed by atoms with E-state index >= 15 is 0 Å². The van der Waals surface area contributed by atoms with Crippen molar-refractivity contribution in [3.8, 4) is 0 Å². The second kappa shape index (κ2) is 9.14. The van der Waals surface area contributed by atoms with E-state index in [0.29, 0.717) is 0 Å². The molecule has 0 aromatic rings. The minimum atomic E-state index is -1.75. The van der Waals surface area contributed by atoms with Crippen molar-refractivity contribution in [2.75, 3.05) is 0 Å². The van der Waals surface area contributed by atoms with Gasteiger partial charge in [0.15, 0.2) is 0 Å². The van der Waals surface area contributed by atoms with Gasteiger partial charge in [-0.3, -0.25) is 0 Å². The van der Waals surface area contributed by atoms with Crippen LogP contribution in [0.2, 0.25) is 0 Å². The molecule has 0 spiro atoms. The Kier molecular flexibility index (Phi) is 24.3. The first-order valence-corrected chi connectivity index (χ1v) is 0.548. The molecular weight excluding hydrogens is 276 g/mol. The molecule has 0 N–H and O–H groups in total. The quantitative estimate of drug-likeness (QED) is 0.348. The van der Waals surface area contributed by atoms with Crippen LogP contribution in [0.5, 0.6) is 0 Å². The smallest absolute Gasteiger partial charge is 0.356 e. The predicted molar refractivity (Wildman–Crippen MR) is 10.4 cm³/mol.